The molecule has 0 aliphatic carbocycles. The quantitative estimate of drug-likeness (QED) is 0.138. The van der Waals surface area contributed by atoms with E-state index < -0.39 is 12.1 Å². The van der Waals surface area contributed by atoms with Gasteiger partial charge in [0.2, 0.25) is 16.9 Å². The van der Waals surface area contributed by atoms with Gasteiger partial charge < -0.3 is 26.6 Å². The van der Waals surface area contributed by atoms with Crippen molar-refractivity contribution in [1.82, 2.24) is 20.0 Å². The van der Waals surface area contributed by atoms with Crippen LogP contribution in [0.4, 0.5) is 5.13 Å². The molecule has 5 aromatic rings. The molecule has 1 fully saturated rings. The van der Waals surface area contributed by atoms with E-state index in [4.69, 9.17) is 11.5 Å². The van der Waals surface area contributed by atoms with Gasteiger partial charge in [-0.3, -0.25) is 9.59 Å². The lowest BCUT2D eigenvalue weighted by molar-refractivity contribution is -0.149. The van der Waals surface area contributed by atoms with Crippen LogP contribution in [-0.2, 0) is 22.4 Å². The van der Waals surface area contributed by atoms with Crippen molar-refractivity contribution in [3.63, 3.8) is 0 Å². The third-order valence-electron chi connectivity index (χ3n) is 9.53. The predicted molar refractivity (Wildman–Crippen MR) is 199 cm³/mol. The van der Waals surface area contributed by atoms with Gasteiger partial charge in [0.15, 0.2) is 0 Å². The molecule has 0 bridgehead atoms. The molecule has 1 aliphatic rings. The molecule has 1 aromatic heterocycles. The van der Waals surface area contributed by atoms with Crippen LogP contribution in [0.25, 0.3) is 21.5 Å². The Morgan fingerprint density at radius 2 is 1.33 bits per heavy atom. The number of hydrogen-bond acceptors (Lipinski definition) is 8. The number of carbonyl (C=O) groups is 2. The minimum Gasteiger partial charge on any atom is -0.360 e. The molecule has 256 valence electrons. The highest BCUT2D eigenvalue weighted by molar-refractivity contribution is 7.13. The number of nitrogens with zero attached hydrogens (tertiary/aromatic N) is 4. The van der Waals surface area contributed by atoms with Crippen LogP contribution in [0.1, 0.15) is 44.2 Å². The zero-order valence-corrected chi connectivity index (χ0v) is 29.2. The summed E-state index contributed by atoms with van der Waals surface area (Å²) in [5, 5.41) is 16.6. The third-order valence-corrected chi connectivity index (χ3v) is 10.2. The summed E-state index contributed by atoms with van der Waals surface area (Å²) >= 11 is 1.45. The monoisotopic (exact) mass is 677 g/mol. The molecule has 0 saturated carbocycles. The molecule has 10 heteroatoms. The van der Waals surface area contributed by atoms with E-state index in [-0.39, 0.29) is 23.9 Å². The summed E-state index contributed by atoms with van der Waals surface area (Å²) in [6.07, 6.45) is 3.15. The van der Waals surface area contributed by atoms with Crippen molar-refractivity contribution < 1.29 is 9.59 Å². The number of benzene rings is 4. The maximum absolute atomic E-state index is 14.2. The van der Waals surface area contributed by atoms with Gasteiger partial charge >= 0.3 is 0 Å². The van der Waals surface area contributed by atoms with Crippen molar-refractivity contribution in [1.29, 1.82) is 0 Å². The largest absolute Gasteiger partial charge is 0.360 e. The second-order valence-electron chi connectivity index (χ2n) is 13.7. The van der Waals surface area contributed by atoms with E-state index in [0.717, 1.165) is 50.6 Å². The van der Waals surface area contributed by atoms with Gasteiger partial charge in [-0.05, 0) is 70.7 Å². The highest BCUT2D eigenvalue weighted by atomic mass is 32.1. The van der Waals surface area contributed by atoms with Gasteiger partial charge in [0.1, 0.15) is 5.51 Å². The summed E-state index contributed by atoms with van der Waals surface area (Å²) in [5.41, 5.74) is 17.2. The molecule has 0 radical (unpaired) electrons. The fraction of sp³-hybridized carbons (Fsp3) is 0.385. The third kappa shape index (κ3) is 8.62. The van der Waals surface area contributed by atoms with Gasteiger partial charge in [0.25, 0.3) is 0 Å². The summed E-state index contributed by atoms with van der Waals surface area (Å²) < 4.78 is 0. The smallest absolute Gasteiger partial charge is 0.240 e. The Morgan fingerprint density at radius 3 is 1.86 bits per heavy atom. The molecular formula is C39H47N7O2S. The van der Waals surface area contributed by atoms with Crippen molar-refractivity contribution in [3.05, 3.63) is 102 Å². The van der Waals surface area contributed by atoms with E-state index in [1.807, 2.05) is 34.1 Å². The van der Waals surface area contributed by atoms with Crippen molar-refractivity contribution in [2.24, 2.45) is 17.4 Å². The number of aromatic nitrogens is 2. The molecule has 4 aromatic carbocycles. The molecule has 1 saturated heterocycles. The first kappa shape index (κ1) is 34.5. The highest BCUT2D eigenvalue weighted by Crippen LogP contribution is 2.27. The van der Waals surface area contributed by atoms with E-state index >= 15 is 0 Å². The van der Waals surface area contributed by atoms with Crippen LogP contribution in [0.2, 0.25) is 0 Å². The topological polar surface area (TPSA) is 130 Å². The van der Waals surface area contributed by atoms with Gasteiger partial charge in [-0.1, -0.05) is 110 Å². The SMILES string of the molecule is CC(C)C[C@@H]1CN(C(=O)[C@H](N)Cc2ccc3ccccc3c2)C(CCCNc2nncs2)CN1C(=O)[C@H](N)Cc1ccc2ccccc2c1. The Balaban J connectivity index is 1.20. The fourth-order valence-corrected chi connectivity index (χ4v) is 7.58. The molecule has 6 rings (SSSR count). The van der Waals surface area contributed by atoms with Crippen LogP contribution in [-0.4, -0.2) is 75.6 Å². The molecule has 0 spiro atoms. The average Bonchev–Trinajstić information content (AvgIpc) is 3.63. The Hall–Kier alpha value is -4.38. The first-order valence-electron chi connectivity index (χ1n) is 17.3. The van der Waals surface area contributed by atoms with Crippen molar-refractivity contribution >= 4 is 49.8 Å². The highest BCUT2D eigenvalue weighted by Gasteiger charge is 2.40. The van der Waals surface area contributed by atoms with E-state index in [1.54, 1.807) is 5.51 Å². The molecule has 5 N–H and O–H groups in total. The second kappa shape index (κ2) is 15.9. The molecule has 9 nitrogen and oxygen atoms in total. The molecule has 1 unspecified atom stereocenters. The van der Waals surface area contributed by atoms with Crippen LogP contribution in [0.3, 0.4) is 0 Å². The van der Waals surface area contributed by atoms with Crippen molar-refractivity contribution in [3.8, 4) is 0 Å². The number of hydrogen-bond donors (Lipinski definition) is 3. The molecule has 2 heterocycles. The number of nitrogens with one attached hydrogen (secondary N) is 1. The van der Waals surface area contributed by atoms with Gasteiger partial charge in [0, 0.05) is 31.7 Å². The molecule has 49 heavy (non-hydrogen) atoms. The first-order valence-corrected chi connectivity index (χ1v) is 18.2. The number of piperazine rings is 1. The average molecular weight is 678 g/mol. The lowest BCUT2D eigenvalue weighted by Gasteiger charge is -2.48. The van der Waals surface area contributed by atoms with E-state index in [9.17, 15) is 9.59 Å². The van der Waals surface area contributed by atoms with E-state index in [2.05, 4.69) is 90.0 Å². The summed E-state index contributed by atoms with van der Waals surface area (Å²) in [6.45, 7) is 5.85. The fourth-order valence-electron chi connectivity index (χ4n) is 7.11. The molecule has 1 aliphatic heterocycles. The molecule has 2 amide bonds. The summed E-state index contributed by atoms with van der Waals surface area (Å²) in [6, 6.07) is 27.2. The molecular weight excluding hydrogens is 631 g/mol. The summed E-state index contributed by atoms with van der Waals surface area (Å²) in [5.74, 6) is 0.188. The Morgan fingerprint density at radius 1 is 0.796 bits per heavy atom. The number of anilines is 1. The Bertz CT molecular complexity index is 1860. The minimum atomic E-state index is -0.694. The van der Waals surface area contributed by atoms with E-state index in [1.165, 1.54) is 11.3 Å². The van der Waals surface area contributed by atoms with Crippen LogP contribution >= 0.6 is 11.3 Å². The standard InChI is InChI=1S/C39H47N7O2S/c1-26(2)18-34-24-45(37(47)35(40)21-27-13-15-29-8-3-5-10-31(29)19-27)33(12-7-17-42-39-44-43-25-49-39)23-46(34)38(48)36(41)22-28-14-16-30-9-4-6-11-32(30)20-28/h3-6,8-11,13-16,19-20,25-26,33-36H,7,12,17-18,21-24,40-41H2,1-2H3,(H,42,44)/t33?,34-,35-,36-/m1/s1. The summed E-state index contributed by atoms with van der Waals surface area (Å²) in [4.78, 5) is 32.3. The van der Waals surface area contributed by atoms with Crippen LogP contribution in [0.5, 0.6) is 0 Å². The summed E-state index contributed by atoms with van der Waals surface area (Å²) in [7, 11) is 0. The predicted octanol–water partition coefficient (Wildman–Crippen LogP) is 5.63. The van der Waals surface area contributed by atoms with Gasteiger partial charge in [-0.25, -0.2) is 0 Å². The molecule has 4 atom stereocenters. The van der Waals surface area contributed by atoms with Crippen LogP contribution in [0, 0.1) is 5.92 Å². The number of rotatable bonds is 13. The second-order valence-corrected chi connectivity index (χ2v) is 14.5. The normalized spacial score (nSPS) is 17.8. The van der Waals surface area contributed by atoms with Crippen molar-refractivity contribution in [2.45, 2.75) is 70.1 Å². The minimum absolute atomic E-state index is 0.0663. The van der Waals surface area contributed by atoms with Gasteiger partial charge in [0.05, 0.1) is 12.1 Å². The number of amides is 2. The van der Waals surface area contributed by atoms with Crippen LogP contribution < -0.4 is 16.8 Å². The number of nitrogens with two attached hydrogens (primary N) is 2. The lowest BCUT2D eigenvalue weighted by Crippen LogP contribution is -2.65. The first-order chi connectivity index (χ1) is 23.7. The Labute approximate surface area is 292 Å². The van der Waals surface area contributed by atoms with E-state index in [0.29, 0.717) is 44.8 Å². The number of carbonyl (C=O) groups excluding carboxylic acids is 2. The zero-order chi connectivity index (χ0) is 34.3. The lowest BCUT2D eigenvalue weighted by atomic mass is 9.93. The van der Waals surface area contributed by atoms with Gasteiger partial charge in [-0.2, -0.15) is 0 Å². The van der Waals surface area contributed by atoms with Crippen molar-refractivity contribution in [2.75, 3.05) is 25.0 Å². The Kier molecular flexibility index (Phi) is 11.2. The number of fused-ring (bicyclic) bond motifs is 2. The zero-order valence-electron chi connectivity index (χ0n) is 28.4. The maximum Gasteiger partial charge on any atom is 0.240 e. The van der Waals surface area contributed by atoms with Crippen LogP contribution in [0.15, 0.2) is 90.4 Å². The maximum atomic E-state index is 14.2. The van der Waals surface area contributed by atoms with Gasteiger partial charge in [-0.15, -0.1) is 10.2 Å².